The van der Waals surface area contributed by atoms with Crippen LogP contribution in [0.2, 0.25) is 0 Å². The predicted octanol–water partition coefficient (Wildman–Crippen LogP) is 3.15. The number of methoxy groups -OCH3 is 1. The number of nitrogens with zero attached hydrogens (tertiary/aromatic N) is 3. The summed E-state index contributed by atoms with van der Waals surface area (Å²) in [6.45, 7) is 1.10. The van der Waals surface area contributed by atoms with Crippen molar-refractivity contribution in [1.82, 2.24) is 15.1 Å². The number of amides is 2. The number of benzene rings is 2. The second-order valence-electron chi connectivity index (χ2n) is 6.14. The zero-order valence-corrected chi connectivity index (χ0v) is 14.6. The lowest BCUT2D eigenvalue weighted by Crippen LogP contribution is -2.38. The van der Waals surface area contributed by atoms with E-state index in [1.807, 2.05) is 54.7 Å². The molecule has 0 saturated carbocycles. The van der Waals surface area contributed by atoms with E-state index in [0.717, 1.165) is 29.2 Å². The first-order valence-corrected chi connectivity index (χ1v) is 8.57. The minimum absolute atomic E-state index is 0.0889. The fraction of sp³-hybridized carbons (Fsp3) is 0.200. The van der Waals surface area contributed by atoms with Gasteiger partial charge in [0.1, 0.15) is 5.75 Å². The molecule has 6 heteroatoms. The number of anilines is 1. The number of ether oxygens (including phenoxy) is 1. The van der Waals surface area contributed by atoms with Gasteiger partial charge in [0.05, 0.1) is 25.0 Å². The van der Waals surface area contributed by atoms with Crippen molar-refractivity contribution >= 4 is 11.7 Å². The summed E-state index contributed by atoms with van der Waals surface area (Å²) in [7, 11) is 1.64. The average Bonchev–Trinajstić information content (AvgIpc) is 3.33. The van der Waals surface area contributed by atoms with Gasteiger partial charge >= 0.3 is 6.03 Å². The minimum atomic E-state index is -0.0889. The maximum atomic E-state index is 12.5. The van der Waals surface area contributed by atoms with E-state index in [-0.39, 0.29) is 6.03 Å². The van der Waals surface area contributed by atoms with Gasteiger partial charge in [-0.25, -0.2) is 9.48 Å². The Morgan fingerprint density at radius 3 is 2.77 bits per heavy atom. The van der Waals surface area contributed by atoms with Gasteiger partial charge in [-0.15, -0.1) is 0 Å². The van der Waals surface area contributed by atoms with Crippen molar-refractivity contribution in [3.63, 3.8) is 0 Å². The summed E-state index contributed by atoms with van der Waals surface area (Å²) in [5, 5.41) is 7.48. The Labute approximate surface area is 152 Å². The number of para-hydroxylation sites is 1. The molecule has 2 aromatic carbocycles. The maximum absolute atomic E-state index is 12.5. The number of nitrogens with one attached hydrogen (secondary N) is 1. The normalized spacial score (nSPS) is 12.7. The highest BCUT2D eigenvalue weighted by atomic mass is 16.5. The van der Waals surface area contributed by atoms with Gasteiger partial charge in [0.15, 0.2) is 0 Å². The number of carbonyl (C=O) groups is 1. The van der Waals surface area contributed by atoms with Crippen molar-refractivity contribution in [2.75, 3.05) is 18.6 Å². The van der Waals surface area contributed by atoms with Crippen molar-refractivity contribution in [2.45, 2.75) is 13.0 Å². The van der Waals surface area contributed by atoms with Crippen LogP contribution in [0.1, 0.15) is 11.3 Å². The van der Waals surface area contributed by atoms with Gasteiger partial charge in [-0.3, -0.25) is 4.90 Å². The topological polar surface area (TPSA) is 59.4 Å². The summed E-state index contributed by atoms with van der Waals surface area (Å²) < 4.78 is 6.95. The van der Waals surface area contributed by atoms with E-state index in [9.17, 15) is 4.79 Å². The molecule has 2 heterocycles. The molecule has 1 aliphatic heterocycles. The summed E-state index contributed by atoms with van der Waals surface area (Å²) >= 11 is 0. The van der Waals surface area contributed by atoms with Crippen LogP contribution in [-0.2, 0) is 13.0 Å². The molecule has 2 amide bonds. The minimum Gasteiger partial charge on any atom is -0.497 e. The third kappa shape index (κ3) is 3.13. The molecule has 0 saturated heterocycles. The predicted molar refractivity (Wildman–Crippen MR) is 99.8 cm³/mol. The summed E-state index contributed by atoms with van der Waals surface area (Å²) in [6, 6.07) is 17.5. The van der Waals surface area contributed by atoms with E-state index < -0.39 is 0 Å². The number of carbonyl (C=O) groups excluding carboxylic acids is 1. The SMILES string of the molecule is COc1ccc(-n2ccc(CNC(=O)N3CCc4ccccc43)n2)cc1. The molecular formula is C20H20N4O2. The molecule has 0 bridgehead atoms. The number of aromatic nitrogens is 2. The molecule has 1 N–H and O–H groups in total. The van der Waals surface area contributed by atoms with Crippen LogP contribution >= 0.6 is 0 Å². The van der Waals surface area contributed by atoms with Crippen LogP contribution in [0.25, 0.3) is 5.69 Å². The molecule has 0 aliphatic carbocycles. The highest BCUT2D eigenvalue weighted by molar-refractivity contribution is 5.94. The Balaban J connectivity index is 1.39. The molecule has 132 valence electrons. The zero-order chi connectivity index (χ0) is 17.9. The van der Waals surface area contributed by atoms with Crippen molar-refractivity contribution in [3.05, 3.63) is 72.1 Å². The molecule has 1 aliphatic rings. The van der Waals surface area contributed by atoms with E-state index in [1.165, 1.54) is 5.56 Å². The van der Waals surface area contributed by atoms with Crippen molar-refractivity contribution in [2.24, 2.45) is 0 Å². The lowest BCUT2D eigenvalue weighted by atomic mass is 10.2. The quantitative estimate of drug-likeness (QED) is 0.788. The van der Waals surface area contributed by atoms with Crippen LogP contribution in [0.15, 0.2) is 60.8 Å². The molecule has 0 atom stereocenters. The molecule has 4 rings (SSSR count). The van der Waals surface area contributed by atoms with Gasteiger partial charge in [0.2, 0.25) is 0 Å². The first kappa shape index (κ1) is 16.2. The van der Waals surface area contributed by atoms with E-state index in [1.54, 1.807) is 16.7 Å². The Morgan fingerprint density at radius 1 is 1.15 bits per heavy atom. The van der Waals surface area contributed by atoms with Gasteiger partial charge < -0.3 is 10.1 Å². The summed E-state index contributed by atoms with van der Waals surface area (Å²) in [5.74, 6) is 0.805. The summed E-state index contributed by atoms with van der Waals surface area (Å²) in [6.07, 6.45) is 2.78. The van der Waals surface area contributed by atoms with E-state index in [4.69, 9.17) is 4.74 Å². The highest BCUT2D eigenvalue weighted by Gasteiger charge is 2.23. The third-order valence-electron chi connectivity index (χ3n) is 4.53. The van der Waals surface area contributed by atoms with Gasteiger partial charge in [0, 0.05) is 18.4 Å². The molecule has 0 radical (unpaired) electrons. The Kier molecular flexibility index (Phi) is 4.31. The third-order valence-corrected chi connectivity index (χ3v) is 4.53. The van der Waals surface area contributed by atoms with Gasteiger partial charge in [-0.05, 0) is 48.4 Å². The van der Waals surface area contributed by atoms with Crippen LogP contribution in [0.3, 0.4) is 0 Å². The summed E-state index contributed by atoms with van der Waals surface area (Å²) in [5.41, 5.74) is 3.96. The van der Waals surface area contributed by atoms with E-state index in [0.29, 0.717) is 13.1 Å². The summed E-state index contributed by atoms with van der Waals surface area (Å²) in [4.78, 5) is 14.3. The van der Waals surface area contributed by atoms with Crippen LogP contribution in [-0.4, -0.2) is 29.5 Å². The number of rotatable bonds is 4. The second-order valence-corrected chi connectivity index (χ2v) is 6.14. The molecule has 3 aromatic rings. The molecule has 26 heavy (non-hydrogen) atoms. The molecular weight excluding hydrogens is 328 g/mol. The molecule has 0 fully saturated rings. The van der Waals surface area contributed by atoms with Gasteiger partial charge in [0.25, 0.3) is 0 Å². The molecule has 0 unspecified atom stereocenters. The zero-order valence-electron chi connectivity index (χ0n) is 14.6. The van der Waals surface area contributed by atoms with E-state index >= 15 is 0 Å². The number of hydrogen-bond donors (Lipinski definition) is 1. The van der Waals surface area contributed by atoms with Crippen LogP contribution < -0.4 is 15.0 Å². The van der Waals surface area contributed by atoms with Crippen molar-refractivity contribution in [1.29, 1.82) is 0 Å². The van der Waals surface area contributed by atoms with Crippen LogP contribution in [0.4, 0.5) is 10.5 Å². The van der Waals surface area contributed by atoms with Crippen LogP contribution in [0.5, 0.6) is 5.75 Å². The Bertz CT molecular complexity index is 918. The first-order chi connectivity index (χ1) is 12.7. The Hall–Kier alpha value is -3.28. The molecule has 0 spiro atoms. The molecule has 6 nitrogen and oxygen atoms in total. The Morgan fingerprint density at radius 2 is 1.96 bits per heavy atom. The van der Waals surface area contributed by atoms with Gasteiger partial charge in [-0.1, -0.05) is 18.2 Å². The number of hydrogen-bond acceptors (Lipinski definition) is 3. The standard InChI is InChI=1S/C20H20N4O2/c1-26-18-8-6-17(7-9-18)24-13-11-16(22-24)14-21-20(25)23-12-10-15-4-2-3-5-19(15)23/h2-9,11,13H,10,12,14H2,1H3,(H,21,25). The second kappa shape index (κ2) is 6.92. The monoisotopic (exact) mass is 348 g/mol. The van der Waals surface area contributed by atoms with Crippen molar-refractivity contribution in [3.8, 4) is 11.4 Å². The molecule has 1 aromatic heterocycles. The number of fused-ring (bicyclic) bond motifs is 1. The first-order valence-electron chi connectivity index (χ1n) is 8.57. The lowest BCUT2D eigenvalue weighted by Gasteiger charge is -2.17. The average molecular weight is 348 g/mol. The highest BCUT2D eigenvalue weighted by Crippen LogP contribution is 2.27. The fourth-order valence-electron chi connectivity index (χ4n) is 3.15. The largest absolute Gasteiger partial charge is 0.497 e. The maximum Gasteiger partial charge on any atom is 0.322 e. The van der Waals surface area contributed by atoms with Crippen LogP contribution in [0, 0.1) is 0 Å². The van der Waals surface area contributed by atoms with E-state index in [2.05, 4.69) is 16.5 Å². The number of urea groups is 1. The van der Waals surface area contributed by atoms with Crippen molar-refractivity contribution < 1.29 is 9.53 Å². The van der Waals surface area contributed by atoms with Gasteiger partial charge in [-0.2, -0.15) is 5.10 Å². The lowest BCUT2D eigenvalue weighted by molar-refractivity contribution is 0.246. The fourth-order valence-corrected chi connectivity index (χ4v) is 3.15. The smallest absolute Gasteiger partial charge is 0.322 e.